The Kier molecular flexibility index (Phi) is 13.2. The summed E-state index contributed by atoms with van der Waals surface area (Å²) in [6.45, 7) is 6.52. The van der Waals surface area contributed by atoms with Gasteiger partial charge in [0.2, 0.25) is 15.9 Å². The van der Waals surface area contributed by atoms with Gasteiger partial charge in [0.25, 0.3) is 0 Å². The quantitative estimate of drug-likeness (QED) is 0.0856. The van der Waals surface area contributed by atoms with Gasteiger partial charge in [-0.3, -0.25) is 4.79 Å². The number of guanidine groups is 1. The van der Waals surface area contributed by atoms with Crippen molar-refractivity contribution in [2.24, 2.45) is 10.7 Å². The molecule has 210 valence electrons. The predicted molar refractivity (Wildman–Crippen MR) is 146 cm³/mol. The Morgan fingerprint density at radius 3 is 2.30 bits per heavy atom. The summed E-state index contributed by atoms with van der Waals surface area (Å²) in [5.41, 5.74) is 11.8. The summed E-state index contributed by atoms with van der Waals surface area (Å²) in [5.74, 6) is -0.0659. The maximum atomic E-state index is 13.3. The Balaban J connectivity index is 2.05. The average molecular weight is 582 g/mol. The van der Waals surface area contributed by atoms with Crippen LogP contribution >= 0.6 is 23.2 Å². The number of aliphatic imine (C=N–C) groups is 1. The van der Waals surface area contributed by atoms with Crippen LogP contribution in [0.25, 0.3) is 0 Å². The zero-order valence-electron chi connectivity index (χ0n) is 21.3. The van der Waals surface area contributed by atoms with Crippen molar-refractivity contribution in [1.29, 1.82) is 0 Å². The standard InChI is InChI=1S/C23H38Cl2N6O5S/c1-3-35-20(36-4-2)15-29-23(27)28-10-8-9-19(22(32)31-11-6-5-7-12-31)30-37(33,34)16-13-17(24)21(26)18(25)14-16/h13-14,19-20,30H,3-12,15,26H2,1-2H3,(H3,27,28,29)/t19-/m0/s1. The highest BCUT2D eigenvalue weighted by Crippen LogP contribution is 2.31. The molecule has 14 heteroatoms. The molecule has 6 N–H and O–H groups in total. The molecule has 1 atom stereocenters. The Morgan fingerprint density at radius 2 is 1.73 bits per heavy atom. The van der Waals surface area contributed by atoms with Crippen molar-refractivity contribution >= 4 is 50.8 Å². The topological polar surface area (TPSA) is 161 Å². The molecule has 0 spiro atoms. The van der Waals surface area contributed by atoms with E-state index in [0.29, 0.717) is 39.3 Å². The van der Waals surface area contributed by atoms with Crippen LogP contribution in [0.3, 0.4) is 0 Å². The largest absolute Gasteiger partial charge is 0.396 e. The van der Waals surface area contributed by atoms with Gasteiger partial charge in [-0.1, -0.05) is 23.2 Å². The number of carbonyl (C=O) groups is 1. The lowest BCUT2D eigenvalue weighted by atomic mass is 10.1. The summed E-state index contributed by atoms with van der Waals surface area (Å²) >= 11 is 12.1. The highest BCUT2D eigenvalue weighted by molar-refractivity contribution is 7.89. The van der Waals surface area contributed by atoms with Crippen molar-refractivity contribution in [2.45, 2.75) is 63.2 Å². The number of nitrogens with two attached hydrogens (primary N) is 2. The van der Waals surface area contributed by atoms with E-state index in [2.05, 4.69) is 15.0 Å². The molecule has 1 fully saturated rings. The molecule has 1 aromatic carbocycles. The normalized spacial score (nSPS) is 15.7. The molecule has 1 aliphatic rings. The van der Waals surface area contributed by atoms with Crippen LogP contribution in [0.5, 0.6) is 0 Å². The van der Waals surface area contributed by atoms with Gasteiger partial charge < -0.3 is 31.2 Å². The van der Waals surface area contributed by atoms with Gasteiger partial charge in [0.05, 0.1) is 27.2 Å². The molecule has 2 rings (SSSR count). The smallest absolute Gasteiger partial charge is 0.241 e. The highest BCUT2D eigenvalue weighted by Gasteiger charge is 2.30. The van der Waals surface area contributed by atoms with Crippen LogP contribution in [0.15, 0.2) is 22.0 Å². The SMILES string of the molecule is CCOC(CN=C(N)NCCC[C@H](NS(=O)(=O)c1cc(Cl)c(N)c(Cl)c1)C(=O)N1CCCCC1)OCC. The van der Waals surface area contributed by atoms with Crippen LogP contribution in [0.4, 0.5) is 5.69 Å². The van der Waals surface area contributed by atoms with Crippen LogP contribution in [0.1, 0.15) is 46.0 Å². The Bertz CT molecular complexity index is 992. The molecule has 0 radical (unpaired) electrons. The first-order valence-electron chi connectivity index (χ1n) is 12.4. The summed E-state index contributed by atoms with van der Waals surface area (Å²) in [4.78, 5) is 19.0. The van der Waals surface area contributed by atoms with Crippen molar-refractivity contribution in [2.75, 3.05) is 45.1 Å². The second-order valence-electron chi connectivity index (χ2n) is 8.50. The number of nitrogen functional groups attached to an aromatic ring is 1. The molecule has 0 bridgehead atoms. The number of nitrogens with one attached hydrogen (secondary N) is 2. The number of anilines is 1. The van der Waals surface area contributed by atoms with E-state index in [-0.39, 0.29) is 45.5 Å². The number of carbonyl (C=O) groups excluding carboxylic acids is 1. The van der Waals surface area contributed by atoms with Gasteiger partial charge >= 0.3 is 0 Å². The Morgan fingerprint density at radius 1 is 1.14 bits per heavy atom. The number of halogens is 2. The first-order valence-corrected chi connectivity index (χ1v) is 14.7. The minimum Gasteiger partial charge on any atom is -0.396 e. The van der Waals surface area contributed by atoms with E-state index in [9.17, 15) is 13.2 Å². The van der Waals surface area contributed by atoms with E-state index < -0.39 is 22.4 Å². The molecule has 1 amide bonds. The number of amides is 1. The van der Waals surface area contributed by atoms with Gasteiger partial charge in [-0.2, -0.15) is 4.72 Å². The summed E-state index contributed by atoms with van der Waals surface area (Å²) in [5, 5.41) is 3.01. The fraction of sp³-hybridized carbons (Fsp3) is 0.652. The number of rotatable bonds is 14. The van der Waals surface area contributed by atoms with E-state index in [1.165, 1.54) is 12.1 Å². The first-order chi connectivity index (χ1) is 17.6. The van der Waals surface area contributed by atoms with Gasteiger partial charge in [0, 0.05) is 32.8 Å². The minimum atomic E-state index is -4.11. The minimum absolute atomic E-state index is 0.0154. The maximum Gasteiger partial charge on any atom is 0.241 e. The van der Waals surface area contributed by atoms with E-state index in [1.807, 2.05) is 13.8 Å². The summed E-state index contributed by atoms with van der Waals surface area (Å²) < 4.78 is 39.7. The molecule has 0 aliphatic carbocycles. The molecule has 11 nitrogen and oxygen atoms in total. The molecule has 37 heavy (non-hydrogen) atoms. The van der Waals surface area contributed by atoms with Crippen LogP contribution in [-0.2, 0) is 24.3 Å². The number of ether oxygens (including phenoxy) is 2. The molecule has 1 saturated heterocycles. The predicted octanol–water partition coefficient (Wildman–Crippen LogP) is 2.32. The zero-order chi connectivity index (χ0) is 27.4. The molecule has 0 aromatic heterocycles. The summed E-state index contributed by atoms with van der Waals surface area (Å²) in [7, 11) is -4.11. The van der Waals surface area contributed by atoms with E-state index in [4.69, 9.17) is 44.1 Å². The number of piperidine rings is 1. The number of likely N-dealkylation sites (tertiary alicyclic amines) is 1. The average Bonchev–Trinajstić information content (AvgIpc) is 2.87. The molecule has 0 unspecified atom stereocenters. The van der Waals surface area contributed by atoms with E-state index >= 15 is 0 Å². The van der Waals surface area contributed by atoms with Gasteiger partial charge in [-0.05, 0) is 58.1 Å². The van der Waals surface area contributed by atoms with Crippen LogP contribution < -0.4 is 21.5 Å². The summed E-state index contributed by atoms with van der Waals surface area (Å²) in [6.07, 6.45) is 3.02. The monoisotopic (exact) mass is 580 g/mol. The van der Waals surface area contributed by atoms with Crippen molar-refractivity contribution in [3.8, 4) is 0 Å². The van der Waals surface area contributed by atoms with Gasteiger partial charge in [0.1, 0.15) is 6.04 Å². The lowest BCUT2D eigenvalue weighted by Gasteiger charge is -2.30. The van der Waals surface area contributed by atoms with Crippen molar-refractivity contribution in [3.05, 3.63) is 22.2 Å². The molecule has 0 saturated carbocycles. The number of sulfonamides is 1. The van der Waals surface area contributed by atoms with Crippen LogP contribution in [0, 0.1) is 0 Å². The lowest BCUT2D eigenvalue weighted by molar-refractivity contribution is -0.134. The molecular weight excluding hydrogens is 543 g/mol. The number of benzene rings is 1. The third kappa shape index (κ3) is 10.1. The van der Waals surface area contributed by atoms with Crippen molar-refractivity contribution < 1.29 is 22.7 Å². The fourth-order valence-corrected chi connectivity index (χ4v) is 5.71. The second-order valence-corrected chi connectivity index (χ2v) is 11.0. The lowest BCUT2D eigenvalue weighted by Crippen LogP contribution is -2.50. The summed E-state index contributed by atoms with van der Waals surface area (Å²) in [6, 6.07) is 1.45. The van der Waals surface area contributed by atoms with E-state index in [0.717, 1.165) is 19.3 Å². The Labute approximate surface area is 229 Å². The molecule has 1 aromatic rings. The fourth-order valence-electron chi connectivity index (χ4n) is 3.82. The molecule has 1 heterocycles. The van der Waals surface area contributed by atoms with Gasteiger partial charge in [0.15, 0.2) is 12.2 Å². The second kappa shape index (κ2) is 15.6. The zero-order valence-corrected chi connectivity index (χ0v) is 23.7. The van der Waals surface area contributed by atoms with Crippen LogP contribution in [-0.4, -0.2) is 76.9 Å². The maximum absolute atomic E-state index is 13.3. The highest BCUT2D eigenvalue weighted by atomic mass is 35.5. The van der Waals surface area contributed by atoms with Gasteiger partial charge in [-0.15, -0.1) is 0 Å². The van der Waals surface area contributed by atoms with E-state index in [1.54, 1.807) is 4.90 Å². The number of hydrogen-bond acceptors (Lipinski definition) is 7. The Hall–Kier alpha value is -1.83. The third-order valence-corrected chi connectivity index (χ3v) is 7.79. The van der Waals surface area contributed by atoms with Gasteiger partial charge in [-0.25, -0.2) is 13.4 Å². The number of nitrogens with zero attached hydrogens (tertiary/aromatic N) is 2. The van der Waals surface area contributed by atoms with Crippen molar-refractivity contribution in [3.63, 3.8) is 0 Å². The third-order valence-electron chi connectivity index (χ3n) is 5.72. The van der Waals surface area contributed by atoms with Crippen molar-refractivity contribution in [1.82, 2.24) is 14.9 Å². The molecular formula is C23H38Cl2N6O5S. The number of hydrogen-bond donors (Lipinski definition) is 4. The molecule has 1 aliphatic heterocycles. The first kappa shape index (κ1) is 31.4. The van der Waals surface area contributed by atoms with Crippen LogP contribution in [0.2, 0.25) is 10.0 Å².